The minimum Gasteiger partial charge on any atom is -0.478 e. The molecule has 102 valence electrons. The molecule has 2 aliphatic carbocycles. The van der Waals surface area contributed by atoms with Crippen molar-refractivity contribution >= 4 is 17.3 Å². The highest BCUT2D eigenvalue weighted by molar-refractivity contribution is 5.95. The first kappa shape index (κ1) is 12.3. The van der Waals surface area contributed by atoms with Crippen LogP contribution in [-0.4, -0.2) is 17.6 Å². The minimum absolute atomic E-state index is 0.267. The molecule has 3 unspecified atom stereocenters. The molecule has 3 rings (SSSR count). The van der Waals surface area contributed by atoms with E-state index in [0.717, 1.165) is 18.4 Å². The van der Waals surface area contributed by atoms with Crippen molar-refractivity contribution in [2.24, 2.45) is 17.8 Å². The number of fused-ring (bicyclic) bond motifs is 2. The first-order chi connectivity index (χ1) is 9.13. The zero-order chi connectivity index (χ0) is 13.4. The third-order valence-corrected chi connectivity index (χ3v) is 4.71. The summed E-state index contributed by atoms with van der Waals surface area (Å²) >= 11 is 0. The third-order valence-electron chi connectivity index (χ3n) is 4.71. The van der Waals surface area contributed by atoms with E-state index in [1.54, 1.807) is 12.1 Å². The van der Waals surface area contributed by atoms with Gasteiger partial charge in [0.1, 0.15) is 0 Å². The van der Waals surface area contributed by atoms with E-state index in [-0.39, 0.29) is 5.56 Å². The number of hydrogen-bond donors (Lipinski definition) is 3. The lowest BCUT2D eigenvalue weighted by Crippen LogP contribution is -2.21. The first-order valence-electron chi connectivity index (χ1n) is 7.00. The van der Waals surface area contributed by atoms with Crippen LogP contribution in [0.15, 0.2) is 18.2 Å². The molecule has 0 aliphatic heterocycles. The molecule has 2 aliphatic rings. The van der Waals surface area contributed by atoms with Crippen molar-refractivity contribution in [2.45, 2.75) is 25.7 Å². The normalized spacial score (nSPS) is 28.5. The molecule has 4 N–H and O–H groups in total. The molecule has 3 atom stereocenters. The fourth-order valence-electron chi connectivity index (χ4n) is 3.76. The number of carboxylic acids is 1. The van der Waals surface area contributed by atoms with Crippen LogP contribution < -0.4 is 11.1 Å². The summed E-state index contributed by atoms with van der Waals surface area (Å²) in [6.45, 7) is 0.880. The summed E-state index contributed by atoms with van der Waals surface area (Å²) < 4.78 is 0. The number of anilines is 2. The lowest BCUT2D eigenvalue weighted by molar-refractivity contribution is 0.0698. The molecule has 1 aromatic carbocycles. The maximum atomic E-state index is 11.2. The van der Waals surface area contributed by atoms with Gasteiger partial charge >= 0.3 is 5.97 Å². The first-order valence-corrected chi connectivity index (χ1v) is 7.00. The number of benzene rings is 1. The van der Waals surface area contributed by atoms with E-state index in [0.29, 0.717) is 17.3 Å². The molecule has 0 spiro atoms. The standard InChI is InChI=1S/C15H20N2O2/c16-12-3-4-14(13(7-12)15(18)19)17-8-11-6-9-1-2-10(11)5-9/h3-4,7,9-11,17H,1-2,5-6,8,16H2,(H,18,19). The highest BCUT2D eigenvalue weighted by Crippen LogP contribution is 2.48. The summed E-state index contributed by atoms with van der Waals surface area (Å²) in [7, 11) is 0. The van der Waals surface area contributed by atoms with Gasteiger partial charge in [0.2, 0.25) is 0 Å². The summed E-state index contributed by atoms with van der Waals surface area (Å²) in [5.41, 5.74) is 7.08. The summed E-state index contributed by atoms with van der Waals surface area (Å²) in [5, 5.41) is 12.5. The number of carboxylic acid groups (broad SMARTS) is 1. The van der Waals surface area contributed by atoms with Gasteiger partial charge in [0.25, 0.3) is 0 Å². The van der Waals surface area contributed by atoms with Gasteiger partial charge in [0.05, 0.1) is 5.56 Å². The predicted octanol–water partition coefficient (Wildman–Crippen LogP) is 2.82. The molecule has 2 bridgehead atoms. The van der Waals surface area contributed by atoms with Crippen LogP contribution >= 0.6 is 0 Å². The summed E-state index contributed by atoms with van der Waals surface area (Å²) in [4.78, 5) is 11.2. The van der Waals surface area contributed by atoms with Gasteiger partial charge in [-0.2, -0.15) is 0 Å². The van der Waals surface area contributed by atoms with Gasteiger partial charge in [-0.3, -0.25) is 0 Å². The Morgan fingerprint density at radius 3 is 2.84 bits per heavy atom. The number of hydrogen-bond acceptors (Lipinski definition) is 3. The third kappa shape index (κ3) is 2.39. The zero-order valence-corrected chi connectivity index (χ0v) is 10.9. The largest absolute Gasteiger partial charge is 0.478 e. The van der Waals surface area contributed by atoms with Gasteiger partial charge in [-0.05, 0) is 55.2 Å². The Balaban J connectivity index is 1.68. The van der Waals surface area contributed by atoms with Crippen LogP contribution in [0.3, 0.4) is 0 Å². The second-order valence-corrected chi connectivity index (χ2v) is 5.93. The summed E-state index contributed by atoms with van der Waals surface area (Å²) in [6, 6.07) is 5.03. The minimum atomic E-state index is -0.928. The number of nitrogen functional groups attached to an aromatic ring is 1. The fourth-order valence-corrected chi connectivity index (χ4v) is 3.76. The topological polar surface area (TPSA) is 75.3 Å². The Labute approximate surface area is 113 Å². The monoisotopic (exact) mass is 260 g/mol. The molecular weight excluding hydrogens is 240 g/mol. The lowest BCUT2D eigenvalue weighted by Gasteiger charge is -2.22. The smallest absolute Gasteiger partial charge is 0.337 e. The molecule has 1 aromatic rings. The van der Waals surface area contributed by atoms with E-state index in [9.17, 15) is 9.90 Å². The van der Waals surface area contributed by atoms with Crippen LogP contribution in [0.4, 0.5) is 11.4 Å². The van der Waals surface area contributed by atoms with Crippen molar-refractivity contribution in [1.82, 2.24) is 0 Å². The van der Waals surface area contributed by atoms with Crippen LogP contribution in [0.5, 0.6) is 0 Å². The van der Waals surface area contributed by atoms with Crippen molar-refractivity contribution in [3.8, 4) is 0 Å². The van der Waals surface area contributed by atoms with Crippen molar-refractivity contribution in [3.05, 3.63) is 23.8 Å². The number of nitrogens with two attached hydrogens (primary N) is 1. The second-order valence-electron chi connectivity index (χ2n) is 5.93. The number of carbonyl (C=O) groups is 1. The van der Waals surface area contributed by atoms with Gasteiger partial charge in [-0.1, -0.05) is 6.42 Å². The Hall–Kier alpha value is -1.71. The van der Waals surface area contributed by atoms with Gasteiger partial charge in [0, 0.05) is 17.9 Å². The van der Waals surface area contributed by atoms with Crippen molar-refractivity contribution in [1.29, 1.82) is 0 Å². The molecular formula is C15H20N2O2. The number of aromatic carboxylic acids is 1. The van der Waals surface area contributed by atoms with Crippen molar-refractivity contribution in [3.63, 3.8) is 0 Å². The fraction of sp³-hybridized carbons (Fsp3) is 0.533. The van der Waals surface area contributed by atoms with E-state index < -0.39 is 5.97 Å². The van der Waals surface area contributed by atoms with Crippen molar-refractivity contribution in [2.75, 3.05) is 17.6 Å². The maximum absolute atomic E-state index is 11.2. The van der Waals surface area contributed by atoms with E-state index in [1.807, 2.05) is 0 Å². The predicted molar refractivity (Wildman–Crippen MR) is 75.2 cm³/mol. The van der Waals surface area contributed by atoms with Crippen LogP contribution in [0.2, 0.25) is 0 Å². The lowest BCUT2D eigenvalue weighted by atomic mass is 9.89. The van der Waals surface area contributed by atoms with E-state index in [4.69, 9.17) is 5.73 Å². The Morgan fingerprint density at radius 1 is 1.37 bits per heavy atom. The molecule has 19 heavy (non-hydrogen) atoms. The summed E-state index contributed by atoms with van der Waals surface area (Å²) in [6.07, 6.45) is 5.42. The van der Waals surface area contributed by atoms with E-state index >= 15 is 0 Å². The van der Waals surface area contributed by atoms with Crippen LogP contribution in [-0.2, 0) is 0 Å². The Kier molecular flexibility index (Phi) is 3.09. The van der Waals surface area contributed by atoms with Gasteiger partial charge < -0.3 is 16.2 Å². The number of nitrogens with one attached hydrogen (secondary N) is 1. The molecule has 0 aromatic heterocycles. The molecule has 0 saturated heterocycles. The van der Waals surface area contributed by atoms with E-state index in [2.05, 4.69) is 5.32 Å². The second kappa shape index (κ2) is 4.76. The quantitative estimate of drug-likeness (QED) is 0.728. The Morgan fingerprint density at radius 2 is 2.21 bits per heavy atom. The van der Waals surface area contributed by atoms with Crippen LogP contribution in [0.25, 0.3) is 0 Å². The molecule has 0 radical (unpaired) electrons. The highest BCUT2D eigenvalue weighted by Gasteiger charge is 2.39. The van der Waals surface area contributed by atoms with E-state index in [1.165, 1.54) is 31.7 Å². The molecule has 0 heterocycles. The maximum Gasteiger partial charge on any atom is 0.337 e. The van der Waals surface area contributed by atoms with Crippen LogP contribution in [0, 0.1) is 17.8 Å². The molecule has 4 nitrogen and oxygen atoms in total. The number of rotatable bonds is 4. The van der Waals surface area contributed by atoms with Crippen molar-refractivity contribution < 1.29 is 9.90 Å². The van der Waals surface area contributed by atoms with Gasteiger partial charge in [-0.15, -0.1) is 0 Å². The molecule has 2 fully saturated rings. The van der Waals surface area contributed by atoms with Gasteiger partial charge in [-0.25, -0.2) is 4.79 Å². The van der Waals surface area contributed by atoms with Crippen LogP contribution in [0.1, 0.15) is 36.0 Å². The molecule has 0 amide bonds. The average molecular weight is 260 g/mol. The Bertz CT molecular complexity index is 501. The van der Waals surface area contributed by atoms with Gasteiger partial charge in [0.15, 0.2) is 0 Å². The molecule has 4 heteroatoms. The highest BCUT2D eigenvalue weighted by atomic mass is 16.4. The summed E-state index contributed by atoms with van der Waals surface area (Å²) in [5.74, 6) is 1.54. The zero-order valence-electron chi connectivity index (χ0n) is 10.9. The SMILES string of the molecule is Nc1ccc(NCC2CC3CCC2C3)c(C(=O)O)c1. The molecule has 2 saturated carbocycles. The average Bonchev–Trinajstić information content (AvgIpc) is 2.99.